The zero-order valence-electron chi connectivity index (χ0n) is 12.5. The number of benzene rings is 1. The minimum atomic E-state index is -1.06. The quantitative estimate of drug-likeness (QED) is 0.474. The van der Waals surface area contributed by atoms with Gasteiger partial charge in [0.1, 0.15) is 10.8 Å². The molecule has 0 fully saturated rings. The average Bonchev–Trinajstić information content (AvgIpc) is 3.01. The Morgan fingerprint density at radius 3 is 2.57 bits per heavy atom. The molecule has 120 valence electrons. The Labute approximate surface area is 137 Å². The third-order valence-electron chi connectivity index (χ3n) is 3.21. The summed E-state index contributed by atoms with van der Waals surface area (Å²) < 4.78 is 5.00. The Balaban J connectivity index is 2.31. The van der Waals surface area contributed by atoms with Crippen LogP contribution < -0.4 is 5.73 Å². The van der Waals surface area contributed by atoms with E-state index in [9.17, 15) is 14.4 Å². The highest BCUT2D eigenvalue weighted by molar-refractivity contribution is 7.11. The van der Waals surface area contributed by atoms with Gasteiger partial charge in [0.05, 0.1) is 17.8 Å². The number of nitrogens with two attached hydrogens (primary N) is 1. The van der Waals surface area contributed by atoms with Gasteiger partial charge in [-0.1, -0.05) is 30.3 Å². The number of carbonyl (C=O) groups is 3. The van der Waals surface area contributed by atoms with E-state index in [1.807, 2.05) is 0 Å². The first kappa shape index (κ1) is 16.8. The topological polar surface area (TPSA) is 99.3 Å². The third kappa shape index (κ3) is 4.01. The number of esters is 1. The molecule has 2 aromatic rings. The molecular formula is C16H16N2O4S. The molecule has 23 heavy (non-hydrogen) atoms. The van der Waals surface area contributed by atoms with Crippen molar-refractivity contribution in [3.8, 4) is 0 Å². The summed E-state index contributed by atoms with van der Waals surface area (Å²) >= 11 is 1.08. The van der Waals surface area contributed by atoms with E-state index in [-0.39, 0.29) is 23.7 Å². The normalized spacial score (nSPS) is 11.7. The Kier molecular flexibility index (Phi) is 5.59. The van der Waals surface area contributed by atoms with Crippen LogP contribution in [0.5, 0.6) is 0 Å². The molecule has 1 amide bonds. The van der Waals surface area contributed by atoms with Gasteiger partial charge >= 0.3 is 5.97 Å². The van der Waals surface area contributed by atoms with Gasteiger partial charge in [-0.15, -0.1) is 11.3 Å². The molecule has 0 saturated carbocycles. The molecular weight excluding hydrogens is 316 g/mol. The van der Waals surface area contributed by atoms with Crippen LogP contribution in [0.3, 0.4) is 0 Å². The predicted octanol–water partition coefficient (Wildman–Crippen LogP) is 1.85. The Hall–Kier alpha value is -2.54. The number of hydrogen-bond donors (Lipinski definition) is 1. The zero-order chi connectivity index (χ0) is 16.8. The maximum absolute atomic E-state index is 12.6. The number of Topliss-reactive ketones (excluding diaryl/α,β-unsaturated/α-hetero) is 1. The van der Waals surface area contributed by atoms with Gasteiger partial charge in [-0.3, -0.25) is 14.4 Å². The molecule has 0 radical (unpaired) electrons. The first-order valence-corrected chi connectivity index (χ1v) is 7.90. The largest absolute Gasteiger partial charge is 0.465 e. The Morgan fingerprint density at radius 1 is 1.26 bits per heavy atom. The van der Waals surface area contributed by atoms with Gasteiger partial charge in [0.15, 0.2) is 5.78 Å². The second-order valence-electron chi connectivity index (χ2n) is 4.73. The smallest absolute Gasteiger partial charge is 0.317 e. The van der Waals surface area contributed by atoms with Crippen LogP contribution in [0.25, 0.3) is 0 Å². The minimum absolute atomic E-state index is 0.0195. The van der Waals surface area contributed by atoms with Crippen LogP contribution in [0.1, 0.15) is 32.6 Å². The molecule has 2 rings (SSSR count). The van der Waals surface area contributed by atoms with Gasteiger partial charge in [-0.25, -0.2) is 4.98 Å². The number of rotatable bonds is 7. The van der Waals surface area contributed by atoms with Gasteiger partial charge in [0.2, 0.25) is 0 Å². The highest BCUT2D eigenvalue weighted by Gasteiger charge is 2.31. The molecule has 1 aromatic carbocycles. The number of ketones is 1. The zero-order valence-corrected chi connectivity index (χ0v) is 13.3. The summed E-state index contributed by atoms with van der Waals surface area (Å²) in [4.78, 5) is 40.5. The lowest BCUT2D eigenvalue weighted by Crippen LogP contribution is -2.29. The highest BCUT2D eigenvalue weighted by Crippen LogP contribution is 2.20. The fourth-order valence-electron chi connectivity index (χ4n) is 2.14. The van der Waals surface area contributed by atoms with Crippen LogP contribution in [0.4, 0.5) is 0 Å². The number of aromatic nitrogens is 1. The van der Waals surface area contributed by atoms with E-state index < -0.39 is 17.8 Å². The summed E-state index contributed by atoms with van der Waals surface area (Å²) in [6.07, 6.45) is -0.0195. The molecule has 1 heterocycles. The van der Waals surface area contributed by atoms with Crippen LogP contribution in [0.15, 0.2) is 35.8 Å². The van der Waals surface area contributed by atoms with E-state index in [4.69, 9.17) is 10.5 Å². The molecule has 1 unspecified atom stereocenters. The molecule has 0 aliphatic rings. The van der Waals surface area contributed by atoms with Crippen molar-refractivity contribution in [2.45, 2.75) is 13.3 Å². The number of carbonyl (C=O) groups excluding carboxylic acids is 3. The summed E-state index contributed by atoms with van der Waals surface area (Å²) in [7, 11) is 0. The summed E-state index contributed by atoms with van der Waals surface area (Å²) in [6.45, 7) is 1.83. The first-order valence-electron chi connectivity index (χ1n) is 7.02. The molecule has 1 atom stereocenters. The predicted molar refractivity (Wildman–Crippen MR) is 85.2 cm³/mol. The van der Waals surface area contributed by atoms with E-state index in [0.29, 0.717) is 11.3 Å². The maximum atomic E-state index is 12.6. The second-order valence-corrected chi connectivity index (χ2v) is 5.59. The number of thiazole rings is 1. The van der Waals surface area contributed by atoms with Gasteiger partial charge in [-0.2, -0.15) is 0 Å². The molecule has 0 aliphatic carbocycles. The van der Waals surface area contributed by atoms with Crippen molar-refractivity contribution in [3.05, 3.63) is 52.0 Å². The van der Waals surface area contributed by atoms with Crippen molar-refractivity contribution in [3.63, 3.8) is 0 Å². The molecule has 0 aliphatic heterocycles. The number of amides is 1. The van der Waals surface area contributed by atoms with Crippen molar-refractivity contribution < 1.29 is 19.1 Å². The maximum Gasteiger partial charge on any atom is 0.317 e. The van der Waals surface area contributed by atoms with Crippen molar-refractivity contribution in [2.24, 2.45) is 11.7 Å². The monoisotopic (exact) mass is 332 g/mol. The van der Waals surface area contributed by atoms with Crippen LogP contribution in [-0.4, -0.2) is 29.3 Å². The van der Waals surface area contributed by atoms with Gasteiger partial charge in [-0.05, 0) is 6.92 Å². The molecule has 1 aromatic heterocycles. The summed E-state index contributed by atoms with van der Waals surface area (Å²) in [5.74, 6) is -2.69. The van der Waals surface area contributed by atoms with Crippen molar-refractivity contribution in [1.82, 2.24) is 4.98 Å². The van der Waals surface area contributed by atoms with E-state index >= 15 is 0 Å². The van der Waals surface area contributed by atoms with E-state index in [0.717, 1.165) is 11.3 Å². The standard InChI is InChI=1S/C16H16N2O4S/c1-2-22-16(21)11(13(19)10-6-4-3-5-7-10)8-12-14(15(17)20)23-9-18-12/h3-7,9,11H,2,8H2,1H3,(H2,17,20). The van der Waals surface area contributed by atoms with Crippen LogP contribution in [-0.2, 0) is 16.0 Å². The average molecular weight is 332 g/mol. The first-order chi connectivity index (χ1) is 11.0. The summed E-state index contributed by atoms with van der Waals surface area (Å²) in [5.41, 5.74) is 7.49. The summed E-state index contributed by atoms with van der Waals surface area (Å²) in [6, 6.07) is 8.47. The number of hydrogen-bond acceptors (Lipinski definition) is 6. The van der Waals surface area contributed by atoms with Crippen LogP contribution in [0.2, 0.25) is 0 Å². The van der Waals surface area contributed by atoms with E-state index in [1.165, 1.54) is 5.51 Å². The minimum Gasteiger partial charge on any atom is -0.465 e. The van der Waals surface area contributed by atoms with Gasteiger partial charge < -0.3 is 10.5 Å². The lowest BCUT2D eigenvalue weighted by atomic mass is 9.93. The fourth-order valence-corrected chi connectivity index (χ4v) is 2.81. The molecule has 2 N–H and O–H groups in total. The summed E-state index contributed by atoms with van der Waals surface area (Å²) in [5, 5.41) is 0. The lowest BCUT2D eigenvalue weighted by molar-refractivity contribution is -0.146. The SMILES string of the molecule is CCOC(=O)C(Cc1ncsc1C(N)=O)C(=O)c1ccccc1. The van der Waals surface area contributed by atoms with Gasteiger partial charge in [0.25, 0.3) is 5.91 Å². The molecule has 7 heteroatoms. The van der Waals surface area contributed by atoms with Crippen molar-refractivity contribution >= 4 is 29.0 Å². The number of primary amides is 1. The van der Waals surface area contributed by atoms with E-state index in [2.05, 4.69) is 4.98 Å². The second kappa shape index (κ2) is 7.64. The van der Waals surface area contributed by atoms with Crippen molar-refractivity contribution in [2.75, 3.05) is 6.61 Å². The fraction of sp³-hybridized carbons (Fsp3) is 0.250. The Morgan fingerprint density at radius 2 is 1.96 bits per heavy atom. The molecule has 0 saturated heterocycles. The molecule has 6 nitrogen and oxygen atoms in total. The van der Waals surface area contributed by atoms with Crippen molar-refractivity contribution in [1.29, 1.82) is 0 Å². The Bertz CT molecular complexity index is 712. The van der Waals surface area contributed by atoms with Gasteiger partial charge in [0, 0.05) is 12.0 Å². The number of nitrogens with zero attached hydrogens (tertiary/aromatic N) is 1. The molecule has 0 bridgehead atoms. The third-order valence-corrected chi connectivity index (χ3v) is 4.09. The van der Waals surface area contributed by atoms with Crippen LogP contribution >= 0.6 is 11.3 Å². The van der Waals surface area contributed by atoms with E-state index in [1.54, 1.807) is 37.3 Å². The van der Waals surface area contributed by atoms with Crippen LogP contribution in [0, 0.1) is 5.92 Å². The highest BCUT2D eigenvalue weighted by atomic mass is 32.1. The molecule has 0 spiro atoms. The lowest BCUT2D eigenvalue weighted by Gasteiger charge is -2.14. The number of ether oxygens (including phenoxy) is 1.